The van der Waals surface area contributed by atoms with Gasteiger partial charge in [-0.25, -0.2) is 4.39 Å². The number of likely N-dealkylation sites (tertiary alicyclic amines) is 2. The summed E-state index contributed by atoms with van der Waals surface area (Å²) >= 11 is 5.77. The van der Waals surface area contributed by atoms with Gasteiger partial charge < -0.3 is 5.73 Å². The Bertz CT molecular complexity index is 490. The molecule has 2 unspecified atom stereocenters. The molecule has 2 fully saturated rings. The largest absolute Gasteiger partial charge is 0.329 e. The molecule has 2 heterocycles. The number of nitrogens with two attached hydrogens (primary N) is 1. The molecular weight excluding hydrogens is 289 g/mol. The summed E-state index contributed by atoms with van der Waals surface area (Å²) in [5, 5.41) is 0.172. The van der Waals surface area contributed by atoms with Crippen molar-refractivity contribution in [1.29, 1.82) is 0 Å². The summed E-state index contributed by atoms with van der Waals surface area (Å²) in [6.07, 6.45) is 3.82. The first-order valence-electron chi connectivity index (χ1n) is 7.82. The minimum absolute atomic E-state index is 0.0874. The van der Waals surface area contributed by atoms with Crippen molar-refractivity contribution in [3.05, 3.63) is 34.6 Å². The molecule has 1 aromatic rings. The Labute approximate surface area is 130 Å². The van der Waals surface area contributed by atoms with Crippen LogP contribution in [0.25, 0.3) is 0 Å². The van der Waals surface area contributed by atoms with Crippen molar-refractivity contribution < 1.29 is 4.39 Å². The third-order valence-corrected chi connectivity index (χ3v) is 5.15. The molecule has 5 heteroatoms. The Morgan fingerprint density at radius 1 is 1.29 bits per heavy atom. The molecule has 0 bridgehead atoms. The maximum atomic E-state index is 13.7. The van der Waals surface area contributed by atoms with Gasteiger partial charge in [-0.3, -0.25) is 9.80 Å². The fraction of sp³-hybridized carbons (Fsp3) is 0.625. The van der Waals surface area contributed by atoms with Crippen LogP contribution >= 0.6 is 11.6 Å². The van der Waals surface area contributed by atoms with Crippen LogP contribution in [0.5, 0.6) is 0 Å². The molecule has 1 aromatic carbocycles. The van der Waals surface area contributed by atoms with Crippen molar-refractivity contribution in [2.24, 2.45) is 5.73 Å². The Morgan fingerprint density at radius 2 is 2.05 bits per heavy atom. The number of benzene rings is 1. The second kappa shape index (κ2) is 6.61. The minimum Gasteiger partial charge on any atom is -0.329 e. The van der Waals surface area contributed by atoms with Crippen LogP contribution in [0.2, 0.25) is 5.02 Å². The van der Waals surface area contributed by atoms with Gasteiger partial charge in [-0.05, 0) is 50.0 Å². The maximum Gasteiger partial charge on any atom is 0.142 e. The second-order valence-electron chi connectivity index (χ2n) is 6.11. The zero-order chi connectivity index (χ0) is 14.8. The van der Waals surface area contributed by atoms with Crippen LogP contribution in [0.4, 0.5) is 4.39 Å². The van der Waals surface area contributed by atoms with Crippen LogP contribution in [0.1, 0.15) is 30.9 Å². The van der Waals surface area contributed by atoms with E-state index in [0.717, 1.165) is 18.7 Å². The molecule has 2 aliphatic heterocycles. The summed E-state index contributed by atoms with van der Waals surface area (Å²) in [6, 6.07) is 5.78. The third-order valence-electron chi connectivity index (χ3n) is 4.84. The van der Waals surface area contributed by atoms with Gasteiger partial charge in [-0.2, -0.15) is 0 Å². The topological polar surface area (TPSA) is 32.5 Å². The molecule has 2 N–H and O–H groups in total. The normalized spacial score (nSPS) is 25.6. The lowest BCUT2D eigenvalue weighted by Gasteiger charge is -2.29. The van der Waals surface area contributed by atoms with Gasteiger partial charge in [-0.1, -0.05) is 17.7 Å². The zero-order valence-corrected chi connectivity index (χ0v) is 13.0. The highest BCUT2D eigenvalue weighted by Gasteiger charge is 2.32. The number of rotatable bonds is 4. The SMILES string of the molecule is NCC(c1ccc(Cl)c(F)c1)N1CCC(N2CCCC2)C1. The monoisotopic (exact) mass is 311 g/mol. The summed E-state index contributed by atoms with van der Waals surface area (Å²) in [5.74, 6) is -0.358. The number of hydrogen-bond donors (Lipinski definition) is 1. The van der Waals surface area contributed by atoms with Gasteiger partial charge in [0.1, 0.15) is 5.82 Å². The molecule has 3 rings (SSSR count). The van der Waals surface area contributed by atoms with Crippen LogP contribution in [0.15, 0.2) is 18.2 Å². The van der Waals surface area contributed by atoms with Crippen molar-refractivity contribution >= 4 is 11.6 Å². The molecule has 116 valence electrons. The van der Waals surface area contributed by atoms with Crippen LogP contribution in [-0.4, -0.2) is 48.6 Å². The summed E-state index contributed by atoms with van der Waals surface area (Å²) in [5.41, 5.74) is 6.89. The van der Waals surface area contributed by atoms with Gasteiger partial charge in [-0.15, -0.1) is 0 Å². The number of nitrogens with zero attached hydrogens (tertiary/aromatic N) is 2. The van der Waals surface area contributed by atoms with Gasteiger partial charge in [0.25, 0.3) is 0 Å². The van der Waals surface area contributed by atoms with Crippen LogP contribution in [-0.2, 0) is 0 Å². The fourth-order valence-corrected chi connectivity index (χ4v) is 3.79. The first-order valence-corrected chi connectivity index (χ1v) is 8.20. The van der Waals surface area contributed by atoms with Crippen molar-refractivity contribution in [3.63, 3.8) is 0 Å². The quantitative estimate of drug-likeness (QED) is 0.928. The van der Waals surface area contributed by atoms with E-state index in [1.807, 2.05) is 6.07 Å². The molecule has 0 saturated carbocycles. The number of hydrogen-bond acceptors (Lipinski definition) is 3. The van der Waals surface area contributed by atoms with Gasteiger partial charge in [0, 0.05) is 31.7 Å². The molecule has 0 radical (unpaired) electrons. The molecule has 2 aliphatic rings. The number of halogens is 2. The smallest absolute Gasteiger partial charge is 0.142 e. The highest BCUT2D eigenvalue weighted by Crippen LogP contribution is 2.29. The van der Waals surface area contributed by atoms with Gasteiger partial charge >= 0.3 is 0 Å². The first-order chi connectivity index (χ1) is 10.2. The minimum atomic E-state index is -0.358. The molecule has 2 atom stereocenters. The molecule has 3 nitrogen and oxygen atoms in total. The Hall–Kier alpha value is -0.680. The Morgan fingerprint density at radius 3 is 2.71 bits per heavy atom. The standard InChI is InChI=1S/C16H23ClFN3/c17-14-4-3-12(9-15(14)18)16(10-19)21-8-5-13(11-21)20-6-1-2-7-20/h3-4,9,13,16H,1-2,5-8,10-11,19H2. The highest BCUT2D eigenvalue weighted by atomic mass is 35.5. The maximum absolute atomic E-state index is 13.7. The third kappa shape index (κ3) is 3.24. The predicted octanol–water partition coefficient (Wildman–Crippen LogP) is 2.65. The lowest BCUT2D eigenvalue weighted by molar-refractivity contribution is 0.203. The Balaban J connectivity index is 1.70. The van der Waals surface area contributed by atoms with E-state index in [2.05, 4.69) is 9.80 Å². The fourth-order valence-electron chi connectivity index (χ4n) is 3.67. The zero-order valence-electron chi connectivity index (χ0n) is 12.3. The van der Waals surface area contributed by atoms with Crippen molar-refractivity contribution in [2.75, 3.05) is 32.7 Å². The second-order valence-corrected chi connectivity index (χ2v) is 6.51. The van der Waals surface area contributed by atoms with Gasteiger partial charge in [0.05, 0.1) is 5.02 Å². The summed E-state index contributed by atoms with van der Waals surface area (Å²) in [6.45, 7) is 5.02. The molecular formula is C16H23ClFN3. The Kier molecular flexibility index (Phi) is 4.79. The molecule has 2 saturated heterocycles. The highest BCUT2D eigenvalue weighted by molar-refractivity contribution is 6.30. The van der Waals surface area contributed by atoms with Crippen molar-refractivity contribution in [3.8, 4) is 0 Å². The first kappa shape index (κ1) is 15.2. The van der Waals surface area contributed by atoms with Crippen molar-refractivity contribution in [2.45, 2.75) is 31.3 Å². The van der Waals surface area contributed by atoms with E-state index < -0.39 is 0 Å². The van der Waals surface area contributed by atoms with E-state index in [1.165, 1.54) is 38.4 Å². The van der Waals surface area contributed by atoms with E-state index >= 15 is 0 Å². The lowest BCUT2D eigenvalue weighted by atomic mass is 10.1. The average Bonchev–Trinajstić information content (AvgIpc) is 3.14. The predicted molar refractivity (Wildman–Crippen MR) is 84.0 cm³/mol. The van der Waals surface area contributed by atoms with E-state index in [-0.39, 0.29) is 16.9 Å². The van der Waals surface area contributed by atoms with E-state index in [9.17, 15) is 4.39 Å². The van der Waals surface area contributed by atoms with Gasteiger partial charge in [0.15, 0.2) is 0 Å². The molecule has 0 amide bonds. The molecule has 21 heavy (non-hydrogen) atoms. The molecule has 0 spiro atoms. The van der Waals surface area contributed by atoms with E-state index in [1.54, 1.807) is 6.07 Å². The summed E-state index contributed by atoms with van der Waals surface area (Å²) in [7, 11) is 0. The summed E-state index contributed by atoms with van der Waals surface area (Å²) in [4.78, 5) is 4.99. The van der Waals surface area contributed by atoms with Crippen LogP contribution < -0.4 is 5.73 Å². The molecule has 0 aromatic heterocycles. The average molecular weight is 312 g/mol. The lowest BCUT2D eigenvalue weighted by Crippen LogP contribution is -2.38. The van der Waals surface area contributed by atoms with Crippen LogP contribution in [0.3, 0.4) is 0 Å². The van der Waals surface area contributed by atoms with Crippen LogP contribution in [0, 0.1) is 5.82 Å². The molecule has 0 aliphatic carbocycles. The van der Waals surface area contributed by atoms with E-state index in [0.29, 0.717) is 12.6 Å². The van der Waals surface area contributed by atoms with E-state index in [4.69, 9.17) is 17.3 Å². The van der Waals surface area contributed by atoms with Crippen molar-refractivity contribution in [1.82, 2.24) is 9.80 Å². The summed E-state index contributed by atoms with van der Waals surface area (Å²) < 4.78 is 13.7. The van der Waals surface area contributed by atoms with Gasteiger partial charge in [0.2, 0.25) is 0 Å².